The van der Waals surface area contributed by atoms with Crippen LogP contribution in [0.1, 0.15) is 6.42 Å². The molecule has 7 nitrogen and oxygen atoms in total. The van der Waals surface area contributed by atoms with E-state index in [2.05, 4.69) is 5.32 Å². The van der Waals surface area contributed by atoms with Crippen LogP contribution in [0.5, 0.6) is 5.75 Å². The van der Waals surface area contributed by atoms with Gasteiger partial charge in [-0.15, -0.1) is 0 Å². The molecule has 1 aromatic heterocycles. The molecule has 3 rings (SSSR count). The van der Waals surface area contributed by atoms with Gasteiger partial charge in [0.1, 0.15) is 11.5 Å². The van der Waals surface area contributed by atoms with Gasteiger partial charge < -0.3 is 19.6 Å². The van der Waals surface area contributed by atoms with Crippen molar-refractivity contribution >= 4 is 22.6 Å². The number of hydrogen-bond acceptors (Lipinski definition) is 5. The minimum atomic E-state index is -0.979. The molecule has 0 fully saturated rings. The lowest BCUT2D eigenvalue weighted by molar-refractivity contribution is -0.137. The van der Waals surface area contributed by atoms with Crippen LogP contribution in [0.3, 0.4) is 0 Å². The third kappa shape index (κ3) is 4.72. The molecule has 0 aliphatic heterocycles. The Morgan fingerprint density at radius 1 is 1.07 bits per heavy atom. The number of amides is 1. The summed E-state index contributed by atoms with van der Waals surface area (Å²) in [6.07, 6.45) is -0.141. The fraction of sp³-hybridized carbons (Fsp3) is 0.150. The Morgan fingerprint density at radius 2 is 1.81 bits per heavy atom. The summed E-state index contributed by atoms with van der Waals surface area (Å²) in [5, 5.41) is 12.3. The average Bonchev–Trinajstić information content (AvgIpc) is 2.66. The Kier molecular flexibility index (Phi) is 5.51. The summed E-state index contributed by atoms with van der Waals surface area (Å²) >= 11 is 0. The van der Waals surface area contributed by atoms with Crippen LogP contribution in [0.4, 0.5) is 0 Å². The molecule has 7 heteroatoms. The number of benzene rings is 2. The Hall–Kier alpha value is -3.61. The van der Waals surface area contributed by atoms with Gasteiger partial charge in [-0.25, -0.2) is 4.79 Å². The first-order valence-electron chi connectivity index (χ1n) is 8.27. The molecule has 1 amide bonds. The van der Waals surface area contributed by atoms with Gasteiger partial charge in [0.15, 0.2) is 6.61 Å². The van der Waals surface area contributed by atoms with Gasteiger partial charge in [-0.1, -0.05) is 18.2 Å². The third-order valence-corrected chi connectivity index (χ3v) is 3.84. The highest BCUT2D eigenvalue weighted by Crippen LogP contribution is 2.24. The number of carbonyl (C=O) groups is 2. The van der Waals surface area contributed by atoms with E-state index >= 15 is 0 Å². The standard InChI is InChI=1S/C20H17NO6/c22-18(21-10-9-19(23)24)12-26-15-7-5-13(6-8-15)17-11-14-3-1-2-4-16(14)20(25)27-17/h1-8,11H,9-10,12H2,(H,21,22)(H,23,24). The first kappa shape index (κ1) is 18.2. The van der Waals surface area contributed by atoms with Crippen LogP contribution in [0.25, 0.3) is 22.1 Å². The zero-order chi connectivity index (χ0) is 19.2. The van der Waals surface area contributed by atoms with Gasteiger partial charge in [0, 0.05) is 12.1 Å². The Balaban J connectivity index is 1.64. The van der Waals surface area contributed by atoms with Crippen LogP contribution in [0.2, 0.25) is 0 Å². The lowest BCUT2D eigenvalue weighted by Crippen LogP contribution is -2.30. The maximum atomic E-state index is 12.1. The Morgan fingerprint density at radius 3 is 2.56 bits per heavy atom. The molecule has 0 saturated heterocycles. The number of carboxylic acid groups (broad SMARTS) is 1. The first-order chi connectivity index (χ1) is 13.0. The van der Waals surface area contributed by atoms with E-state index in [4.69, 9.17) is 14.3 Å². The van der Waals surface area contributed by atoms with Crippen LogP contribution >= 0.6 is 0 Å². The van der Waals surface area contributed by atoms with Crippen molar-refractivity contribution < 1.29 is 23.8 Å². The summed E-state index contributed by atoms with van der Waals surface area (Å²) in [6, 6.07) is 15.8. The molecule has 0 aliphatic rings. The van der Waals surface area contributed by atoms with Crippen molar-refractivity contribution in [3.05, 3.63) is 65.0 Å². The molecule has 27 heavy (non-hydrogen) atoms. The number of carbonyl (C=O) groups excluding carboxylic acids is 1. The summed E-state index contributed by atoms with van der Waals surface area (Å²) in [6.45, 7) is -0.165. The fourth-order valence-electron chi connectivity index (χ4n) is 2.50. The largest absolute Gasteiger partial charge is 0.484 e. The quantitative estimate of drug-likeness (QED) is 0.664. The Labute approximate surface area is 154 Å². The van der Waals surface area contributed by atoms with E-state index in [-0.39, 0.29) is 19.6 Å². The van der Waals surface area contributed by atoms with Crippen molar-refractivity contribution in [2.75, 3.05) is 13.2 Å². The number of rotatable bonds is 7. The van der Waals surface area contributed by atoms with Gasteiger partial charge in [0.05, 0.1) is 11.8 Å². The average molecular weight is 367 g/mol. The van der Waals surface area contributed by atoms with Gasteiger partial charge in [-0.2, -0.15) is 0 Å². The number of carboxylic acids is 1. The van der Waals surface area contributed by atoms with Crippen LogP contribution in [0.15, 0.2) is 63.8 Å². The number of hydrogen-bond donors (Lipinski definition) is 2. The predicted octanol–water partition coefficient (Wildman–Crippen LogP) is 2.43. The van der Waals surface area contributed by atoms with Crippen molar-refractivity contribution in [1.29, 1.82) is 0 Å². The van der Waals surface area contributed by atoms with Gasteiger partial charge in [0.25, 0.3) is 5.91 Å². The summed E-state index contributed by atoms with van der Waals surface area (Å²) < 4.78 is 10.7. The zero-order valence-electron chi connectivity index (χ0n) is 14.3. The molecule has 0 saturated carbocycles. The topological polar surface area (TPSA) is 106 Å². The normalized spacial score (nSPS) is 10.5. The van der Waals surface area contributed by atoms with Crippen molar-refractivity contribution in [2.24, 2.45) is 0 Å². The number of ether oxygens (including phenoxy) is 1. The van der Waals surface area contributed by atoms with Gasteiger partial charge in [0.2, 0.25) is 0 Å². The van der Waals surface area contributed by atoms with Crippen molar-refractivity contribution in [3.63, 3.8) is 0 Å². The monoisotopic (exact) mass is 367 g/mol. The van der Waals surface area contributed by atoms with E-state index in [1.807, 2.05) is 12.1 Å². The molecule has 0 atom stereocenters. The van der Waals surface area contributed by atoms with Gasteiger partial charge in [-0.3, -0.25) is 9.59 Å². The molecule has 2 aromatic carbocycles. The van der Waals surface area contributed by atoms with Gasteiger partial charge in [-0.05, 0) is 41.8 Å². The number of aliphatic carboxylic acids is 1. The van der Waals surface area contributed by atoms with Crippen LogP contribution in [0, 0.1) is 0 Å². The Bertz CT molecular complexity index is 1020. The SMILES string of the molecule is O=C(O)CCNC(=O)COc1ccc(-c2cc3ccccc3c(=O)o2)cc1. The molecule has 2 N–H and O–H groups in total. The highest BCUT2D eigenvalue weighted by molar-refractivity contribution is 5.84. The van der Waals surface area contributed by atoms with E-state index in [0.717, 1.165) is 5.39 Å². The number of fused-ring (bicyclic) bond motifs is 1. The maximum absolute atomic E-state index is 12.1. The van der Waals surface area contributed by atoms with Crippen LogP contribution in [-0.2, 0) is 9.59 Å². The molecule has 0 aliphatic carbocycles. The molecule has 0 radical (unpaired) electrons. The molecule has 1 heterocycles. The van der Waals surface area contributed by atoms with Crippen molar-refractivity contribution in [3.8, 4) is 17.1 Å². The summed E-state index contributed by atoms with van der Waals surface area (Å²) in [5.41, 5.74) is 0.303. The van der Waals surface area contributed by atoms with Crippen LogP contribution in [-0.4, -0.2) is 30.1 Å². The van der Waals surface area contributed by atoms with E-state index in [0.29, 0.717) is 22.5 Å². The summed E-state index contributed by atoms with van der Waals surface area (Å²) in [7, 11) is 0. The second kappa shape index (κ2) is 8.18. The van der Waals surface area contributed by atoms with E-state index in [1.54, 1.807) is 42.5 Å². The second-order valence-electron chi connectivity index (χ2n) is 5.79. The minimum absolute atomic E-state index is 0.0530. The molecule has 0 bridgehead atoms. The second-order valence-corrected chi connectivity index (χ2v) is 5.79. The first-order valence-corrected chi connectivity index (χ1v) is 8.27. The molecular weight excluding hydrogens is 350 g/mol. The lowest BCUT2D eigenvalue weighted by atomic mass is 10.1. The lowest BCUT2D eigenvalue weighted by Gasteiger charge is -2.08. The molecular formula is C20H17NO6. The fourth-order valence-corrected chi connectivity index (χ4v) is 2.50. The number of nitrogens with one attached hydrogen (secondary N) is 1. The van der Waals surface area contributed by atoms with E-state index in [1.165, 1.54) is 0 Å². The maximum Gasteiger partial charge on any atom is 0.344 e. The summed E-state index contributed by atoms with van der Waals surface area (Å²) in [5.74, 6) is -0.472. The molecule has 3 aromatic rings. The highest BCUT2D eigenvalue weighted by atomic mass is 16.5. The smallest absolute Gasteiger partial charge is 0.344 e. The zero-order valence-corrected chi connectivity index (χ0v) is 14.3. The van der Waals surface area contributed by atoms with Gasteiger partial charge >= 0.3 is 11.6 Å². The third-order valence-electron chi connectivity index (χ3n) is 3.84. The molecule has 138 valence electrons. The highest BCUT2D eigenvalue weighted by Gasteiger charge is 2.08. The molecule has 0 unspecified atom stereocenters. The molecule has 0 spiro atoms. The van der Waals surface area contributed by atoms with E-state index < -0.39 is 17.5 Å². The van der Waals surface area contributed by atoms with Crippen LogP contribution < -0.4 is 15.7 Å². The van der Waals surface area contributed by atoms with E-state index in [9.17, 15) is 14.4 Å². The van der Waals surface area contributed by atoms with Crippen molar-refractivity contribution in [1.82, 2.24) is 5.32 Å². The van der Waals surface area contributed by atoms with Crippen molar-refractivity contribution in [2.45, 2.75) is 6.42 Å². The minimum Gasteiger partial charge on any atom is -0.484 e. The predicted molar refractivity (Wildman–Crippen MR) is 98.7 cm³/mol. The summed E-state index contributed by atoms with van der Waals surface area (Å²) in [4.78, 5) is 34.0.